The Labute approximate surface area is 83.2 Å². The minimum absolute atomic E-state index is 0.348. The summed E-state index contributed by atoms with van der Waals surface area (Å²) in [5.74, 6) is -0.348. The zero-order valence-corrected chi connectivity index (χ0v) is 8.74. The SMILES string of the molecule is CC(C)(C)OC(=O)N1CCC(N)C1=O. The minimum atomic E-state index is -0.601. The van der Waals surface area contributed by atoms with E-state index in [0.29, 0.717) is 13.0 Å². The number of rotatable bonds is 0. The lowest BCUT2D eigenvalue weighted by atomic mass is 10.2. The quantitative estimate of drug-likeness (QED) is 0.617. The van der Waals surface area contributed by atoms with E-state index in [4.69, 9.17) is 10.5 Å². The van der Waals surface area contributed by atoms with Gasteiger partial charge in [-0.25, -0.2) is 9.69 Å². The number of ether oxygens (including phenoxy) is 1. The van der Waals surface area contributed by atoms with Crippen molar-refractivity contribution in [1.82, 2.24) is 4.90 Å². The van der Waals surface area contributed by atoms with Gasteiger partial charge in [0.25, 0.3) is 0 Å². The molecule has 0 aromatic rings. The van der Waals surface area contributed by atoms with Gasteiger partial charge in [-0.15, -0.1) is 0 Å². The zero-order valence-electron chi connectivity index (χ0n) is 8.74. The number of imide groups is 1. The molecule has 1 unspecified atom stereocenters. The van der Waals surface area contributed by atoms with E-state index in [-0.39, 0.29) is 5.91 Å². The number of carbonyl (C=O) groups is 2. The molecule has 1 rings (SSSR count). The smallest absolute Gasteiger partial charge is 0.417 e. The van der Waals surface area contributed by atoms with E-state index >= 15 is 0 Å². The van der Waals surface area contributed by atoms with Crippen molar-refractivity contribution in [1.29, 1.82) is 0 Å². The van der Waals surface area contributed by atoms with Gasteiger partial charge in [0.2, 0.25) is 5.91 Å². The monoisotopic (exact) mass is 200 g/mol. The highest BCUT2D eigenvalue weighted by Gasteiger charge is 2.35. The number of hydrogen-bond acceptors (Lipinski definition) is 4. The van der Waals surface area contributed by atoms with Crippen molar-refractivity contribution in [2.24, 2.45) is 5.73 Å². The zero-order chi connectivity index (χ0) is 10.9. The number of carbonyl (C=O) groups excluding carboxylic acids is 2. The molecule has 2 N–H and O–H groups in total. The molecule has 1 aliphatic rings. The summed E-state index contributed by atoms with van der Waals surface area (Å²) in [6.45, 7) is 5.62. The molecule has 0 bridgehead atoms. The van der Waals surface area contributed by atoms with E-state index in [9.17, 15) is 9.59 Å². The lowest BCUT2D eigenvalue weighted by molar-refractivity contribution is -0.128. The summed E-state index contributed by atoms with van der Waals surface area (Å²) < 4.78 is 5.05. The van der Waals surface area contributed by atoms with Gasteiger partial charge in [0.1, 0.15) is 5.60 Å². The fourth-order valence-electron chi connectivity index (χ4n) is 1.20. The highest BCUT2D eigenvalue weighted by molar-refractivity contribution is 5.96. The van der Waals surface area contributed by atoms with Crippen LogP contribution in [0.1, 0.15) is 27.2 Å². The molecule has 0 saturated carbocycles. The van der Waals surface area contributed by atoms with Crippen LogP contribution in [0, 0.1) is 0 Å². The maximum atomic E-state index is 11.4. The summed E-state index contributed by atoms with van der Waals surface area (Å²) in [6, 6.07) is -0.553. The Morgan fingerprint density at radius 1 is 1.57 bits per heavy atom. The van der Waals surface area contributed by atoms with E-state index < -0.39 is 17.7 Å². The maximum Gasteiger partial charge on any atom is 0.417 e. The van der Waals surface area contributed by atoms with Gasteiger partial charge >= 0.3 is 6.09 Å². The topological polar surface area (TPSA) is 72.6 Å². The molecule has 80 valence electrons. The average Bonchev–Trinajstić information content (AvgIpc) is 2.29. The first-order valence-electron chi connectivity index (χ1n) is 4.61. The lowest BCUT2D eigenvalue weighted by Crippen LogP contribution is -2.41. The molecule has 2 amide bonds. The first-order chi connectivity index (χ1) is 6.31. The van der Waals surface area contributed by atoms with E-state index in [1.165, 1.54) is 0 Å². The van der Waals surface area contributed by atoms with Crippen molar-refractivity contribution >= 4 is 12.0 Å². The van der Waals surface area contributed by atoms with Crippen molar-refractivity contribution in [3.63, 3.8) is 0 Å². The molecular formula is C9H16N2O3. The van der Waals surface area contributed by atoms with Gasteiger partial charge in [0, 0.05) is 6.54 Å². The fraction of sp³-hybridized carbons (Fsp3) is 0.778. The summed E-state index contributed by atoms with van der Waals surface area (Å²) in [5, 5.41) is 0. The van der Waals surface area contributed by atoms with Gasteiger partial charge in [-0.2, -0.15) is 0 Å². The molecule has 1 saturated heterocycles. The highest BCUT2D eigenvalue weighted by atomic mass is 16.6. The predicted molar refractivity (Wildman–Crippen MR) is 50.5 cm³/mol. The molecule has 14 heavy (non-hydrogen) atoms. The van der Waals surface area contributed by atoms with Crippen molar-refractivity contribution in [3.8, 4) is 0 Å². The predicted octanol–water partition coefficient (Wildman–Crippen LogP) is 0.481. The lowest BCUT2D eigenvalue weighted by Gasteiger charge is -2.23. The van der Waals surface area contributed by atoms with Crippen molar-refractivity contribution in [2.75, 3.05) is 6.54 Å². The van der Waals surface area contributed by atoms with E-state index in [0.717, 1.165) is 4.90 Å². The second-order valence-electron chi connectivity index (χ2n) is 4.37. The molecule has 5 nitrogen and oxygen atoms in total. The molecule has 1 atom stereocenters. The highest BCUT2D eigenvalue weighted by Crippen LogP contribution is 2.15. The summed E-state index contributed by atoms with van der Waals surface area (Å²) in [7, 11) is 0. The molecule has 1 aliphatic heterocycles. The molecule has 0 aliphatic carbocycles. The number of nitrogens with zero attached hydrogens (tertiary/aromatic N) is 1. The number of amides is 2. The van der Waals surface area contributed by atoms with Crippen molar-refractivity contribution < 1.29 is 14.3 Å². The minimum Gasteiger partial charge on any atom is -0.443 e. The van der Waals surface area contributed by atoms with Gasteiger partial charge in [-0.1, -0.05) is 0 Å². The van der Waals surface area contributed by atoms with Gasteiger partial charge in [0.05, 0.1) is 6.04 Å². The van der Waals surface area contributed by atoms with Gasteiger partial charge in [-0.3, -0.25) is 4.79 Å². The Bertz CT molecular complexity index is 257. The summed E-state index contributed by atoms with van der Waals surface area (Å²) in [6.07, 6.45) is -0.0895. The molecule has 1 heterocycles. The van der Waals surface area contributed by atoms with Gasteiger partial charge in [-0.05, 0) is 27.2 Å². The van der Waals surface area contributed by atoms with Crippen LogP contribution in [0.5, 0.6) is 0 Å². The van der Waals surface area contributed by atoms with Crippen LogP contribution in [0.2, 0.25) is 0 Å². The van der Waals surface area contributed by atoms with Crippen LogP contribution >= 0.6 is 0 Å². The summed E-state index contributed by atoms with van der Waals surface area (Å²) in [4.78, 5) is 23.8. The van der Waals surface area contributed by atoms with E-state index in [1.807, 2.05) is 0 Å². The fourth-order valence-corrected chi connectivity index (χ4v) is 1.20. The van der Waals surface area contributed by atoms with E-state index in [1.54, 1.807) is 20.8 Å². The summed E-state index contributed by atoms with van der Waals surface area (Å²) in [5.41, 5.74) is 4.89. The van der Waals surface area contributed by atoms with Crippen LogP contribution < -0.4 is 5.73 Å². The summed E-state index contributed by atoms with van der Waals surface area (Å²) >= 11 is 0. The van der Waals surface area contributed by atoms with Crippen LogP contribution in [0.25, 0.3) is 0 Å². The Kier molecular flexibility index (Phi) is 2.80. The van der Waals surface area contributed by atoms with Gasteiger partial charge in [0.15, 0.2) is 0 Å². The second kappa shape index (κ2) is 3.57. The van der Waals surface area contributed by atoms with Crippen LogP contribution in [0.4, 0.5) is 4.79 Å². The van der Waals surface area contributed by atoms with E-state index in [2.05, 4.69) is 0 Å². The number of nitrogens with two attached hydrogens (primary N) is 1. The standard InChI is InChI=1S/C9H16N2O3/c1-9(2,3)14-8(13)11-5-4-6(10)7(11)12/h6H,4-5,10H2,1-3H3. The van der Waals surface area contributed by atoms with Crippen molar-refractivity contribution in [2.45, 2.75) is 38.8 Å². The Morgan fingerprint density at radius 3 is 2.50 bits per heavy atom. The molecular weight excluding hydrogens is 184 g/mol. The third kappa shape index (κ3) is 2.45. The molecule has 0 spiro atoms. The molecule has 0 radical (unpaired) electrons. The largest absolute Gasteiger partial charge is 0.443 e. The van der Waals surface area contributed by atoms with Crippen LogP contribution in [0.3, 0.4) is 0 Å². The van der Waals surface area contributed by atoms with Crippen LogP contribution in [0.15, 0.2) is 0 Å². The molecule has 1 fully saturated rings. The third-order valence-electron chi connectivity index (χ3n) is 1.86. The van der Waals surface area contributed by atoms with Crippen LogP contribution in [-0.2, 0) is 9.53 Å². The molecule has 0 aromatic heterocycles. The third-order valence-corrected chi connectivity index (χ3v) is 1.86. The average molecular weight is 200 g/mol. The van der Waals surface area contributed by atoms with Gasteiger partial charge < -0.3 is 10.5 Å². The Hall–Kier alpha value is -1.10. The first kappa shape index (κ1) is 11.0. The normalized spacial score (nSPS) is 22.7. The number of likely N-dealkylation sites (tertiary alicyclic amines) is 1. The Balaban J connectivity index is 2.59. The first-order valence-corrected chi connectivity index (χ1v) is 4.61. The van der Waals surface area contributed by atoms with Crippen molar-refractivity contribution in [3.05, 3.63) is 0 Å². The van der Waals surface area contributed by atoms with Crippen LogP contribution in [-0.4, -0.2) is 35.1 Å². The number of hydrogen-bond donors (Lipinski definition) is 1. The molecule has 0 aromatic carbocycles. The Morgan fingerprint density at radius 2 is 2.14 bits per heavy atom. The molecule has 5 heteroatoms. The second-order valence-corrected chi connectivity index (χ2v) is 4.37. The maximum absolute atomic E-state index is 11.4.